The highest BCUT2D eigenvalue weighted by Crippen LogP contribution is 2.38. The Balaban J connectivity index is 2.41. The van der Waals surface area contributed by atoms with E-state index in [9.17, 15) is 15.3 Å². The molecule has 1 unspecified atom stereocenters. The molecule has 23 heavy (non-hydrogen) atoms. The average molecular weight is 357 g/mol. The van der Waals surface area contributed by atoms with Crippen molar-refractivity contribution in [2.24, 2.45) is 5.41 Å². The molecule has 0 aliphatic heterocycles. The molecule has 3 N–H and O–H groups in total. The second-order valence-electron chi connectivity index (χ2n) is 5.34. The van der Waals surface area contributed by atoms with Crippen LogP contribution in [0.5, 0.6) is 5.75 Å². The summed E-state index contributed by atoms with van der Waals surface area (Å²) >= 11 is 11.8. The number of hydrogen-bond acceptors (Lipinski definition) is 4. The van der Waals surface area contributed by atoms with E-state index in [4.69, 9.17) is 27.9 Å². The van der Waals surface area contributed by atoms with Crippen molar-refractivity contribution in [3.05, 3.63) is 64.1 Å². The number of ether oxygens (including phenoxy) is 1. The monoisotopic (exact) mass is 356 g/mol. The second-order valence-corrected chi connectivity index (χ2v) is 6.21. The second kappa shape index (κ2) is 7.99. The summed E-state index contributed by atoms with van der Waals surface area (Å²) < 4.78 is 5.95. The van der Waals surface area contributed by atoms with Crippen LogP contribution in [0.4, 0.5) is 0 Å². The lowest BCUT2D eigenvalue weighted by atomic mass is 9.80. The molecule has 2 rings (SSSR count). The molecule has 4 nitrogen and oxygen atoms in total. The molecule has 0 bridgehead atoms. The summed E-state index contributed by atoms with van der Waals surface area (Å²) in [5.41, 5.74) is -0.561. The Labute approximate surface area is 144 Å². The van der Waals surface area contributed by atoms with Crippen molar-refractivity contribution in [2.45, 2.75) is 6.10 Å². The van der Waals surface area contributed by atoms with Gasteiger partial charge in [-0.25, -0.2) is 0 Å². The van der Waals surface area contributed by atoms with Crippen LogP contribution in [0.3, 0.4) is 0 Å². The Morgan fingerprint density at radius 3 is 1.65 bits per heavy atom. The van der Waals surface area contributed by atoms with E-state index in [1.807, 2.05) is 0 Å². The first-order valence-electron chi connectivity index (χ1n) is 7.05. The molecule has 124 valence electrons. The summed E-state index contributed by atoms with van der Waals surface area (Å²) in [6, 6.07) is 13.6. The highest BCUT2D eigenvalue weighted by Gasteiger charge is 2.40. The van der Waals surface area contributed by atoms with Crippen LogP contribution in [-0.4, -0.2) is 35.1 Å². The van der Waals surface area contributed by atoms with E-state index in [0.29, 0.717) is 21.4 Å². The molecule has 2 aromatic carbocycles. The Bertz CT molecular complexity index is 601. The third-order valence-corrected chi connectivity index (χ3v) is 4.25. The molecule has 0 radical (unpaired) electrons. The molecule has 0 saturated heterocycles. The van der Waals surface area contributed by atoms with E-state index in [-0.39, 0.29) is 0 Å². The minimum absolute atomic E-state index is 0.444. The smallest absolute Gasteiger partial charge is 0.136 e. The fourth-order valence-corrected chi connectivity index (χ4v) is 2.48. The predicted molar refractivity (Wildman–Crippen MR) is 90.0 cm³/mol. The van der Waals surface area contributed by atoms with Crippen LogP contribution in [0.2, 0.25) is 10.0 Å². The van der Waals surface area contributed by atoms with Gasteiger partial charge in [0.25, 0.3) is 0 Å². The molecule has 0 fully saturated rings. The average Bonchev–Trinajstić information content (AvgIpc) is 2.58. The Morgan fingerprint density at radius 2 is 1.22 bits per heavy atom. The Hall–Kier alpha value is -1.30. The van der Waals surface area contributed by atoms with Gasteiger partial charge in [0, 0.05) is 10.0 Å². The van der Waals surface area contributed by atoms with Gasteiger partial charge >= 0.3 is 0 Å². The zero-order valence-corrected chi connectivity index (χ0v) is 13.8. The van der Waals surface area contributed by atoms with Crippen LogP contribution in [0.25, 0.3) is 0 Å². The Morgan fingerprint density at radius 1 is 0.783 bits per heavy atom. The van der Waals surface area contributed by atoms with Gasteiger partial charge in [0.15, 0.2) is 0 Å². The lowest BCUT2D eigenvalue weighted by molar-refractivity contribution is -0.0742. The number of aliphatic hydroxyl groups excluding tert-OH is 3. The topological polar surface area (TPSA) is 69.9 Å². The molecule has 2 aromatic rings. The first-order valence-corrected chi connectivity index (χ1v) is 7.80. The summed E-state index contributed by atoms with van der Waals surface area (Å²) in [5, 5.41) is 30.3. The standard InChI is InChI=1S/C17H18Cl2O4/c18-13-3-1-12(2-4-13)16(17(9-20,10-21)11-22)23-15-7-5-14(19)6-8-15/h1-8,16,20-22H,9-11H2. The Kier molecular flexibility index (Phi) is 6.27. The van der Waals surface area contributed by atoms with Gasteiger partial charge < -0.3 is 20.1 Å². The van der Waals surface area contributed by atoms with Gasteiger partial charge in [-0.1, -0.05) is 35.3 Å². The van der Waals surface area contributed by atoms with Gasteiger partial charge in [-0.05, 0) is 42.0 Å². The van der Waals surface area contributed by atoms with E-state index in [0.717, 1.165) is 0 Å². The van der Waals surface area contributed by atoms with Crippen molar-refractivity contribution in [1.82, 2.24) is 0 Å². The fraction of sp³-hybridized carbons (Fsp3) is 0.294. The largest absolute Gasteiger partial charge is 0.485 e. The lowest BCUT2D eigenvalue weighted by Gasteiger charge is -2.36. The summed E-state index contributed by atoms with van der Waals surface area (Å²) in [7, 11) is 0. The van der Waals surface area contributed by atoms with Gasteiger partial charge in [-0.15, -0.1) is 0 Å². The van der Waals surface area contributed by atoms with E-state index in [2.05, 4.69) is 0 Å². The third kappa shape index (κ3) is 4.16. The first-order chi connectivity index (χ1) is 11.0. The molecule has 0 saturated carbocycles. The zero-order chi connectivity index (χ0) is 16.9. The van der Waals surface area contributed by atoms with Gasteiger partial charge in [0.2, 0.25) is 0 Å². The van der Waals surface area contributed by atoms with Crippen LogP contribution >= 0.6 is 23.2 Å². The fourth-order valence-electron chi connectivity index (χ4n) is 2.23. The maximum atomic E-state index is 9.74. The maximum absolute atomic E-state index is 9.74. The van der Waals surface area contributed by atoms with Gasteiger partial charge in [0.1, 0.15) is 11.9 Å². The molecule has 0 aliphatic carbocycles. The number of halogens is 2. The SMILES string of the molecule is OCC(CO)(CO)C(Oc1ccc(Cl)cc1)c1ccc(Cl)cc1. The van der Waals surface area contributed by atoms with Crippen molar-refractivity contribution < 1.29 is 20.1 Å². The van der Waals surface area contributed by atoms with Crippen molar-refractivity contribution in [2.75, 3.05) is 19.8 Å². The molecule has 0 aromatic heterocycles. The molecular weight excluding hydrogens is 339 g/mol. The van der Waals surface area contributed by atoms with Crippen molar-refractivity contribution in [3.8, 4) is 5.75 Å². The van der Waals surface area contributed by atoms with E-state index >= 15 is 0 Å². The van der Waals surface area contributed by atoms with Crippen LogP contribution in [-0.2, 0) is 0 Å². The number of aliphatic hydroxyl groups is 3. The highest BCUT2D eigenvalue weighted by atomic mass is 35.5. The molecule has 0 amide bonds. The molecular formula is C17H18Cl2O4. The summed E-state index contributed by atoms with van der Waals surface area (Å²) in [5.74, 6) is 0.508. The number of benzene rings is 2. The quantitative estimate of drug-likeness (QED) is 0.712. The van der Waals surface area contributed by atoms with Crippen molar-refractivity contribution in [3.63, 3.8) is 0 Å². The number of rotatable bonds is 7. The summed E-state index contributed by atoms with van der Waals surface area (Å²) in [4.78, 5) is 0. The van der Waals surface area contributed by atoms with Gasteiger partial charge in [-0.2, -0.15) is 0 Å². The van der Waals surface area contributed by atoms with Crippen LogP contribution < -0.4 is 4.74 Å². The zero-order valence-electron chi connectivity index (χ0n) is 12.3. The summed E-state index contributed by atoms with van der Waals surface area (Å²) in [6.07, 6.45) is -0.763. The predicted octanol–water partition coefficient (Wildman–Crippen LogP) is 3.08. The van der Waals surface area contributed by atoms with Crippen molar-refractivity contribution >= 4 is 23.2 Å². The van der Waals surface area contributed by atoms with Crippen LogP contribution in [0, 0.1) is 5.41 Å². The van der Waals surface area contributed by atoms with E-state index in [1.165, 1.54) is 0 Å². The summed E-state index contributed by atoms with van der Waals surface area (Å²) in [6.45, 7) is -1.33. The minimum Gasteiger partial charge on any atom is -0.485 e. The van der Waals surface area contributed by atoms with Crippen LogP contribution in [0.1, 0.15) is 11.7 Å². The molecule has 0 spiro atoms. The van der Waals surface area contributed by atoms with Gasteiger partial charge in [0.05, 0.1) is 25.2 Å². The van der Waals surface area contributed by atoms with E-state index < -0.39 is 31.3 Å². The third-order valence-electron chi connectivity index (χ3n) is 3.74. The molecule has 0 aliphatic rings. The molecule has 0 heterocycles. The highest BCUT2D eigenvalue weighted by molar-refractivity contribution is 6.30. The number of hydrogen-bond donors (Lipinski definition) is 3. The van der Waals surface area contributed by atoms with E-state index in [1.54, 1.807) is 48.5 Å². The maximum Gasteiger partial charge on any atom is 0.136 e. The molecule has 1 atom stereocenters. The van der Waals surface area contributed by atoms with Gasteiger partial charge in [-0.3, -0.25) is 0 Å². The molecule has 6 heteroatoms. The van der Waals surface area contributed by atoms with Crippen molar-refractivity contribution in [1.29, 1.82) is 0 Å². The minimum atomic E-state index is -1.24. The normalized spacial score (nSPS) is 12.9. The van der Waals surface area contributed by atoms with Crippen LogP contribution in [0.15, 0.2) is 48.5 Å². The lowest BCUT2D eigenvalue weighted by Crippen LogP contribution is -2.42. The first kappa shape index (κ1) is 18.0.